The molecule has 1 aromatic heterocycles. The van der Waals surface area contributed by atoms with E-state index in [-0.39, 0.29) is 0 Å². The van der Waals surface area contributed by atoms with Crippen molar-refractivity contribution in [2.24, 2.45) is 0 Å². The predicted octanol–water partition coefficient (Wildman–Crippen LogP) is 3.70. The Balaban J connectivity index is 2.11. The second-order valence-electron chi connectivity index (χ2n) is 4.82. The molecule has 0 aliphatic heterocycles. The van der Waals surface area contributed by atoms with E-state index in [2.05, 4.69) is 41.5 Å². The molecular formula is C18H15BNO2. The van der Waals surface area contributed by atoms with Gasteiger partial charge in [-0.15, -0.1) is 0 Å². The van der Waals surface area contributed by atoms with E-state index in [0.717, 1.165) is 22.3 Å². The highest BCUT2D eigenvalue weighted by Gasteiger charge is 2.08. The summed E-state index contributed by atoms with van der Waals surface area (Å²) < 4.78 is 6.99. The smallest absolute Gasteiger partial charge is 0.538 e. The van der Waals surface area contributed by atoms with Crippen molar-refractivity contribution in [2.45, 2.75) is 0 Å². The Kier molecular flexibility index (Phi) is 4.12. The van der Waals surface area contributed by atoms with Crippen LogP contribution in [0.15, 0.2) is 79.1 Å². The molecule has 1 N–H and O–H groups in total. The summed E-state index contributed by atoms with van der Waals surface area (Å²) in [4.78, 5) is 0. The third kappa shape index (κ3) is 2.82. The van der Waals surface area contributed by atoms with Crippen LogP contribution in [0.5, 0.6) is 0 Å². The van der Waals surface area contributed by atoms with E-state index in [1.165, 1.54) is 0 Å². The third-order valence-electron chi connectivity index (χ3n) is 3.40. The first-order valence-electron chi connectivity index (χ1n) is 6.95. The summed E-state index contributed by atoms with van der Waals surface area (Å²) in [6.07, 6.45) is 3.64. The molecule has 0 bridgehead atoms. The van der Waals surface area contributed by atoms with Crippen LogP contribution in [0.1, 0.15) is 5.69 Å². The quantitative estimate of drug-likeness (QED) is 0.441. The van der Waals surface area contributed by atoms with E-state index in [1.54, 1.807) is 6.08 Å². The van der Waals surface area contributed by atoms with Crippen molar-refractivity contribution in [3.63, 3.8) is 0 Å². The Morgan fingerprint density at radius 1 is 1.09 bits per heavy atom. The monoisotopic (exact) mass is 288 g/mol. The van der Waals surface area contributed by atoms with Crippen molar-refractivity contribution in [1.82, 2.24) is 4.57 Å². The van der Waals surface area contributed by atoms with Crippen LogP contribution in [0, 0.1) is 0 Å². The highest BCUT2D eigenvalue weighted by atomic mass is 16.5. The summed E-state index contributed by atoms with van der Waals surface area (Å²) in [5.41, 5.74) is 3.23. The molecule has 0 spiro atoms. The molecule has 22 heavy (non-hydrogen) atoms. The van der Waals surface area contributed by atoms with Crippen LogP contribution in [-0.4, -0.2) is 17.3 Å². The molecule has 2 aromatic carbocycles. The zero-order chi connectivity index (χ0) is 15.4. The van der Waals surface area contributed by atoms with Gasteiger partial charge in [0.15, 0.2) is 0 Å². The molecule has 0 atom stereocenters. The lowest BCUT2D eigenvalue weighted by atomic mass is 10.2. The molecule has 0 saturated carbocycles. The zero-order valence-corrected chi connectivity index (χ0v) is 12.0. The second kappa shape index (κ2) is 6.37. The first-order valence-corrected chi connectivity index (χ1v) is 6.95. The fourth-order valence-corrected chi connectivity index (χ4v) is 2.45. The molecule has 0 unspecified atom stereocenters. The maximum Gasteiger partial charge on any atom is 0.569 e. The number of fused-ring (bicyclic) bond motifs is 1. The molecule has 107 valence electrons. The Hall–Kier alpha value is -2.72. The van der Waals surface area contributed by atoms with E-state index >= 15 is 0 Å². The first-order chi connectivity index (χ1) is 10.8. The van der Waals surface area contributed by atoms with Crippen LogP contribution < -0.4 is 0 Å². The second-order valence-corrected chi connectivity index (χ2v) is 4.82. The Labute approximate surface area is 130 Å². The normalized spacial score (nSPS) is 11.0. The van der Waals surface area contributed by atoms with Crippen molar-refractivity contribution in [1.29, 1.82) is 0 Å². The fourth-order valence-electron chi connectivity index (χ4n) is 2.45. The molecule has 3 nitrogen and oxygen atoms in total. The molecule has 3 aromatic rings. The Morgan fingerprint density at radius 2 is 1.82 bits per heavy atom. The summed E-state index contributed by atoms with van der Waals surface area (Å²) >= 11 is 0. The fraction of sp³-hybridized carbons (Fsp3) is 0. The van der Waals surface area contributed by atoms with Gasteiger partial charge in [-0.1, -0.05) is 43.0 Å². The number of rotatable bonds is 5. The van der Waals surface area contributed by atoms with Gasteiger partial charge >= 0.3 is 7.69 Å². The van der Waals surface area contributed by atoms with Crippen molar-refractivity contribution < 1.29 is 9.68 Å². The summed E-state index contributed by atoms with van der Waals surface area (Å²) in [5.74, 6) is 0.368. The van der Waals surface area contributed by atoms with E-state index < -0.39 is 0 Å². The van der Waals surface area contributed by atoms with Gasteiger partial charge in [0.1, 0.15) is 0 Å². The minimum absolute atomic E-state index is 0.368. The van der Waals surface area contributed by atoms with Gasteiger partial charge in [-0.05, 0) is 36.4 Å². The summed E-state index contributed by atoms with van der Waals surface area (Å²) in [6, 6.07) is 20.5. The zero-order valence-electron chi connectivity index (χ0n) is 12.0. The molecular weight excluding hydrogens is 273 g/mol. The van der Waals surface area contributed by atoms with Gasteiger partial charge in [0.25, 0.3) is 0 Å². The highest BCUT2D eigenvalue weighted by molar-refractivity contribution is 6.16. The molecule has 1 heterocycles. The lowest BCUT2D eigenvalue weighted by Gasteiger charge is -2.08. The number of hydrogen-bond donors (Lipinski definition) is 1. The minimum Gasteiger partial charge on any atom is -0.538 e. The minimum atomic E-state index is 0.368. The van der Waals surface area contributed by atoms with Crippen LogP contribution >= 0.6 is 0 Å². The third-order valence-corrected chi connectivity index (χ3v) is 3.40. The van der Waals surface area contributed by atoms with E-state index in [0.29, 0.717) is 13.4 Å². The number of nitrogens with zero attached hydrogens (tertiary/aromatic N) is 1. The van der Waals surface area contributed by atoms with E-state index in [4.69, 9.17) is 9.68 Å². The average Bonchev–Trinajstić information content (AvgIpc) is 2.92. The highest BCUT2D eigenvalue weighted by Crippen LogP contribution is 2.25. The van der Waals surface area contributed by atoms with Gasteiger partial charge < -0.3 is 14.2 Å². The molecule has 0 saturated heterocycles. The van der Waals surface area contributed by atoms with Crippen molar-refractivity contribution in [3.05, 3.63) is 84.8 Å². The topological polar surface area (TPSA) is 34.4 Å². The maximum atomic E-state index is 8.63. The lowest BCUT2D eigenvalue weighted by molar-refractivity contribution is 0.384. The SMILES string of the molecule is C=C(C=Cc1cc2ccccc2n1-c1ccccc1)O[B]O. The van der Waals surface area contributed by atoms with E-state index in [1.807, 2.05) is 36.4 Å². The van der Waals surface area contributed by atoms with Crippen molar-refractivity contribution in [3.8, 4) is 5.69 Å². The van der Waals surface area contributed by atoms with Gasteiger partial charge in [0, 0.05) is 16.8 Å². The van der Waals surface area contributed by atoms with Crippen LogP contribution in [0.25, 0.3) is 22.7 Å². The van der Waals surface area contributed by atoms with Gasteiger partial charge in [-0.2, -0.15) is 0 Å². The number of hydrogen-bond acceptors (Lipinski definition) is 2. The first kappa shape index (κ1) is 14.2. The van der Waals surface area contributed by atoms with Gasteiger partial charge in [-0.3, -0.25) is 0 Å². The number of aromatic nitrogens is 1. The summed E-state index contributed by atoms with van der Waals surface area (Å²) in [7, 11) is 0.624. The van der Waals surface area contributed by atoms with Crippen LogP contribution in [0.4, 0.5) is 0 Å². The molecule has 3 rings (SSSR count). The Morgan fingerprint density at radius 3 is 2.59 bits per heavy atom. The summed E-state index contributed by atoms with van der Waals surface area (Å²) in [5, 5.41) is 9.79. The summed E-state index contributed by atoms with van der Waals surface area (Å²) in [6.45, 7) is 3.71. The molecule has 4 heteroatoms. The van der Waals surface area contributed by atoms with Crippen molar-refractivity contribution in [2.75, 3.05) is 0 Å². The van der Waals surface area contributed by atoms with Crippen molar-refractivity contribution >= 4 is 24.7 Å². The van der Waals surface area contributed by atoms with E-state index in [9.17, 15) is 0 Å². The predicted molar refractivity (Wildman–Crippen MR) is 90.5 cm³/mol. The lowest BCUT2D eigenvalue weighted by Crippen LogP contribution is -1.96. The maximum absolute atomic E-state index is 8.63. The van der Waals surface area contributed by atoms with Crippen LogP contribution in [-0.2, 0) is 4.65 Å². The van der Waals surface area contributed by atoms with Gasteiger partial charge in [-0.25, -0.2) is 0 Å². The number of para-hydroxylation sites is 2. The van der Waals surface area contributed by atoms with Gasteiger partial charge in [0.05, 0.1) is 11.3 Å². The van der Waals surface area contributed by atoms with Crippen LogP contribution in [0.2, 0.25) is 0 Å². The van der Waals surface area contributed by atoms with Crippen LogP contribution in [0.3, 0.4) is 0 Å². The molecule has 0 aliphatic rings. The number of benzene rings is 2. The molecule has 0 aliphatic carbocycles. The standard InChI is InChI=1S/C18H15BNO2/c1-14(22-19-21)11-12-17-13-15-7-5-6-10-18(15)20(17)16-8-3-2-4-9-16/h2-13,21H,1H2. The van der Waals surface area contributed by atoms with Gasteiger partial charge in [0.2, 0.25) is 0 Å². The largest absolute Gasteiger partial charge is 0.569 e. The molecule has 0 amide bonds. The molecule has 1 radical (unpaired) electrons. The average molecular weight is 288 g/mol. The molecule has 0 fully saturated rings. The number of allylic oxidation sites excluding steroid dienone is 1. The Bertz CT molecular complexity index is 821.